The van der Waals surface area contributed by atoms with E-state index in [0.717, 1.165) is 45.0 Å². The van der Waals surface area contributed by atoms with Crippen molar-refractivity contribution in [2.75, 3.05) is 13.2 Å². The van der Waals surface area contributed by atoms with Crippen molar-refractivity contribution < 1.29 is 29.0 Å². The van der Waals surface area contributed by atoms with E-state index < -0.39 is 42.1 Å². The quantitative estimate of drug-likeness (QED) is 0.0678. The Balaban J connectivity index is 1.33. The van der Waals surface area contributed by atoms with Crippen LogP contribution < -0.4 is 21.3 Å². The molecule has 0 spiro atoms. The van der Waals surface area contributed by atoms with Gasteiger partial charge in [-0.25, -0.2) is 4.79 Å². The van der Waals surface area contributed by atoms with E-state index in [1.165, 1.54) is 0 Å². The summed E-state index contributed by atoms with van der Waals surface area (Å²) >= 11 is 0. The second-order valence-electron chi connectivity index (χ2n) is 16.4. The lowest BCUT2D eigenvalue weighted by Gasteiger charge is -2.29. The van der Waals surface area contributed by atoms with Crippen molar-refractivity contribution in [3.05, 3.63) is 108 Å². The molecule has 1 aliphatic carbocycles. The zero-order chi connectivity index (χ0) is 41.1. The van der Waals surface area contributed by atoms with E-state index in [1.807, 2.05) is 113 Å². The van der Waals surface area contributed by atoms with Gasteiger partial charge < -0.3 is 31.1 Å². The highest BCUT2D eigenvalue weighted by Gasteiger charge is 2.33. The minimum absolute atomic E-state index is 0.0208. The van der Waals surface area contributed by atoms with Gasteiger partial charge in [-0.15, -0.1) is 0 Å². The Kier molecular flexibility index (Phi) is 15.3. The molecule has 5 atom stereocenters. The maximum atomic E-state index is 14.3. The van der Waals surface area contributed by atoms with Gasteiger partial charge in [-0.05, 0) is 69.2 Å². The van der Waals surface area contributed by atoms with Gasteiger partial charge in [0.05, 0.1) is 18.6 Å². The Morgan fingerprint density at radius 2 is 1.30 bits per heavy atom. The fourth-order valence-electron chi connectivity index (χ4n) is 7.60. The van der Waals surface area contributed by atoms with Crippen LogP contribution in [0.4, 0.5) is 4.79 Å². The van der Waals surface area contributed by atoms with Crippen LogP contribution in [0.25, 0.3) is 21.9 Å². The maximum absolute atomic E-state index is 14.3. The Labute approximate surface area is 337 Å². The first-order valence-corrected chi connectivity index (χ1v) is 20.5. The van der Waals surface area contributed by atoms with E-state index in [4.69, 9.17) is 4.74 Å². The molecule has 10 nitrogen and oxygen atoms in total. The minimum atomic E-state index is -1.13. The summed E-state index contributed by atoms with van der Waals surface area (Å²) in [6.45, 7) is 12.6. The minimum Gasteiger partial charge on any atom is -0.449 e. The largest absolute Gasteiger partial charge is 0.449 e. The van der Waals surface area contributed by atoms with Gasteiger partial charge in [0, 0.05) is 18.9 Å². The Hall–Kier alpha value is -5.22. The first-order chi connectivity index (χ1) is 27.3. The van der Waals surface area contributed by atoms with Gasteiger partial charge in [0.1, 0.15) is 18.7 Å². The molecule has 304 valence electrons. The van der Waals surface area contributed by atoms with Crippen LogP contribution in [0.3, 0.4) is 0 Å². The van der Waals surface area contributed by atoms with Crippen molar-refractivity contribution in [2.45, 2.75) is 104 Å². The average molecular weight is 777 g/mol. The number of nitrogens with one attached hydrogen (secondary N) is 4. The van der Waals surface area contributed by atoms with Crippen molar-refractivity contribution in [1.82, 2.24) is 21.3 Å². The van der Waals surface area contributed by atoms with Crippen molar-refractivity contribution in [3.63, 3.8) is 0 Å². The predicted molar refractivity (Wildman–Crippen MR) is 226 cm³/mol. The van der Waals surface area contributed by atoms with Gasteiger partial charge in [0.25, 0.3) is 0 Å². The molecule has 0 saturated heterocycles. The highest BCUT2D eigenvalue weighted by atomic mass is 16.5. The molecule has 0 fully saturated rings. The third-order valence-electron chi connectivity index (χ3n) is 10.9. The lowest BCUT2D eigenvalue weighted by atomic mass is 9.95. The summed E-state index contributed by atoms with van der Waals surface area (Å²) in [5.41, 5.74) is 5.22. The molecule has 57 heavy (non-hydrogen) atoms. The van der Waals surface area contributed by atoms with Gasteiger partial charge >= 0.3 is 6.09 Å². The van der Waals surface area contributed by atoms with Crippen LogP contribution in [0.1, 0.15) is 89.8 Å². The Morgan fingerprint density at radius 3 is 1.95 bits per heavy atom. The topological polar surface area (TPSA) is 146 Å². The number of hydrogen-bond acceptors (Lipinski definition) is 6. The summed E-state index contributed by atoms with van der Waals surface area (Å²) in [6.07, 6.45) is -0.223. The smallest absolute Gasteiger partial charge is 0.407 e. The van der Waals surface area contributed by atoms with E-state index in [-0.39, 0.29) is 43.1 Å². The molecule has 4 amide bonds. The molecule has 0 aliphatic heterocycles. The van der Waals surface area contributed by atoms with Gasteiger partial charge in [-0.3, -0.25) is 14.4 Å². The standard InChI is InChI=1S/C47H60N4O6/c1-7-31(6)27-48-44(53)26-43(52)40(23-29(2)3)49-45(54)41(24-30(4)5)50-46(55)42(25-33-17-14-16-32-15-8-9-18-34(32)33)51-47(56)57-28-39-37-21-12-10-19-35(37)36-20-11-13-22-38(36)39/h8-22,29-31,39-43,52H,7,23-28H2,1-6H3,(H,48,53)(H,49,54)(H,50,55)(H,51,56)/t31?,40-,41-,42-,43-/m0/s1. The van der Waals surface area contributed by atoms with Crippen molar-refractivity contribution in [2.24, 2.45) is 17.8 Å². The van der Waals surface area contributed by atoms with Crippen LogP contribution in [0.15, 0.2) is 91.0 Å². The van der Waals surface area contributed by atoms with Crippen LogP contribution >= 0.6 is 0 Å². The summed E-state index contributed by atoms with van der Waals surface area (Å²) in [7, 11) is 0. The van der Waals surface area contributed by atoms with Crippen LogP contribution in [0, 0.1) is 17.8 Å². The molecule has 5 N–H and O–H groups in total. The second kappa shape index (κ2) is 20.3. The fraction of sp³-hybridized carbons (Fsp3) is 0.447. The summed E-state index contributed by atoms with van der Waals surface area (Å²) < 4.78 is 5.88. The third-order valence-corrected chi connectivity index (χ3v) is 10.9. The van der Waals surface area contributed by atoms with E-state index in [1.54, 1.807) is 0 Å². The normalized spacial score (nSPS) is 14.9. The number of alkyl carbamates (subject to hydrolysis) is 1. The molecule has 0 heterocycles. The molecule has 0 saturated carbocycles. The number of carbonyl (C=O) groups excluding carboxylic acids is 4. The molecule has 10 heteroatoms. The maximum Gasteiger partial charge on any atom is 0.407 e. The molecule has 0 aromatic heterocycles. The van der Waals surface area contributed by atoms with Crippen LogP contribution in [-0.2, 0) is 25.5 Å². The monoisotopic (exact) mass is 776 g/mol. The molecule has 1 aliphatic rings. The number of ether oxygens (including phenoxy) is 1. The Morgan fingerprint density at radius 1 is 0.702 bits per heavy atom. The molecule has 1 unspecified atom stereocenters. The SMILES string of the molecule is CCC(C)CNC(=O)C[C@H](O)[C@H](CC(C)C)NC(=O)[C@H](CC(C)C)NC(=O)[C@H](Cc1cccc2ccccc12)NC(=O)OCC1c2ccccc2-c2ccccc21. The van der Waals surface area contributed by atoms with E-state index >= 15 is 0 Å². The highest BCUT2D eigenvalue weighted by Crippen LogP contribution is 2.44. The molecular weight excluding hydrogens is 717 g/mol. The van der Waals surface area contributed by atoms with Crippen molar-refractivity contribution >= 4 is 34.6 Å². The molecule has 5 rings (SSSR count). The first-order valence-electron chi connectivity index (χ1n) is 20.5. The molecule has 4 aromatic rings. The number of amides is 4. The first kappa shape index (κ1) is 42.9. The Bertz CT molecular complexity index is 1940. The summed E-state index contributed by atoms with van der Waals surface area (Å²) in [6, 6.07) is 27.1. The summed E-state index contributed by atoms with van der Waals surface area (Å²) in [4.78, 5) is 54.7. The molecule has 0 bridgehead atoms. The molecule has 4 aromatic carbocycles. The number of benzene rings is 4. The molecular formula is C47H60N4O6. The van der Waals surface area contributed by atoms with E-state index in [0.29, 0.717) is 25.3 Å². The van der Waals surface area contributed by atoms with E-state index in [2.05, 4.69) is 40.3 Å². The average Bonchev–Trinajstić information content (AvgIpc) is 3.51. The van der Waals surface area contributed by atoms with Crippen LogP contribution in [0.2, 0.25) is 0 Å². The fourth-order valence-corrected chi connectivity index (χ4v) is 7.60. The lowest BCUT2D eigenvalue weighted by Crippen LogP contribution is -2.57. The van der Waals surface area contributed by atoms with Crippen molar-refractivity contribution in [1.29, 1.82) is 0 Å². The van der Waals surface area contributed by atoms with Gasteiger partial charge in [0.15, 0.2) is 0 Å². The van der Waals surface area contributed by atoms with Gasteiger partial charge in [-0.1, -0.05) is 139 Å². The van der Waals surface area contributed by atoms with Crippen LogP contribution in [0.5, 0.6) is 0 Å². The number of carbonyl (C=O) groups is 4. The summed E-state index contributed by atoms with van der Waals surface area (Å²) in [5, 5.41) is 24.8. The van der Waals surface area contributed by atoms with Gasteiger partial charge in [-0.2, -0.15) is 0 Å². The number of hydrogen-bond donors (Lipinski definition) is 5. The third kappa shape index (κ3) is 11.7. The summed E-state index contributed by atoms with van der Waals surface area (Å²) in [5.74, 6) is -1.01. The second-order valence-corrected chi connectivity index (χ2v) is 16.4. The van der Waals surface area contributed by atoms with E-state index in [9.17, 15) is 24.3 Å². The number of aliphatic hydroxyl groups excluding tert-OH is 1. The lowest BCUT2D eigenvalue weighted by molar-refractivity contribution is -0.131. The van der Waals surface area contributed by atoms with Crippen molar-refractivity contribution in [3.8, 4) is 11.1 Å². The number of rotatable bonds is 19. The number of fused-ring (bicyclic) bond motifs is 4. The number of aliphatic hydroxyl groups is 1. The predicted octanol–water partition coefficient (Wildman–Crippen LogP) is 7.26. The molecule has 0 radical (unpaired) electrons. The zero-order valence-electron chi connectivity index (χ0n) is 34.2. The zero-order valence-corrected chi connectivity index (χ0v) is 34.2. The van der Waals surface area contributed by atoms with Crippen LogP contribution in [-0.4, -0.2) is 66.3 Å². The van der Waals surface area contributed by atoms with Gasteiger partial charge in [0.2, 0.25) is 17.7 Å². The highest BCUT2D eigenvalue weighted by molar-refractivity contribution is 5.93.